The van der Waals surface area contributed by atoms with Crippen molar-refractivity contribution in [3.63, 3.8) is 0 Å². The third-order valence-electron chi connectivity index (χ3n) is 1.96. The lowest BCUT2D eigenvalue weighted by Gasteiger charge is -1.98. The van der Waals surface area contributed by atoms with Crippen molar-refractivity contribution in [1.82, 2.24) is 15.5 Å². The zero-order valence-electron chi connectivity index (χ0n) is 8.50. The van der Waals surface area contributed by atoms with Gasteiger partial charge in [-0.15, -0.1) is 0 Å². The van der Waals surface area contributed by atoms with Crippen LogP contribution in [0.15, 0.2) is 27.2 Å². The maximum Gasteiger partial charge on any atom is 0.259 e. The number of hydrogen-bond donors (Lipinski definition) is 1. The zero-order valence-corrected chi connectivity index (χ0v) is 10.8. The maximum absolute atomic E-state index is 6.08. The summed E-state index contributed by atoms with van der Waals surface area (Å²) in [4.78, 5) is 4.22. The molecule has 0 bridgehead atoms. The van der Waals surface area contributed by atoms with Crippen LogP contribution in [0.3, 0.4) is 0 Å². The van der Waals surface area contributed by atoms with Gasteiger partial charge < -0.3 is 9.84 Å². The fourth-order valence-corrected chi connectivity index (χ4v) is 2.01. The minimum absolute atomic E-state index is 0.433. The maximum atomic E-state index is 6.08. The SMILES string of the molecule is CNCc1noc(-c2ccc(Br)cc2Cl)n1. The Balaban J connectivity index is 2.35. The van der Waals surface area contributed by atoms with Crippen molar-refractivity contribution in [3.8, 4) is 11.5 Å². The molecule has 1 aromatic carbocycles. The molecule has 0 aliphatic carbocycles. The summed E-state index contributed by atoms with van der Waals surface area (Å²) in [6, 6.07) is 5.51. The normalized spacial score (nSPS) is 10.7. The molecule has 0 aliphatic rings. The van der Waals surface area contributed by atoms with E-state index in [0.29, 0.717) is 23.3 Å². The highest BCUT2D eigenvalue weighted by molar-refractivity contribution is 9.10. The zero-order chi connectivity index (χ0) is 11.5. The smallest absolute Gasteiger partial charge is 0.259 e. The molecule has 4 nitrogen and oxygen atoms in total. The fourth-order valence-electron chi connectivity index (χ4n) is 1.26. The van der Waals surface area contributed by atoms with Crippen LogP contribution in [0.4, 0.5) is 0 Å². The van der Waals surface area contributed by atoms with Gasteiger partial charge in [0.05, 0.1) is 17.1 Å². The number of halogens is 2. The van der Waals surface area contributed by atoms with E-state index in [0.717, 1.165) is 10.0 Å². The van der Waals surface area contributed by atoms with Gasteiger partial charge in [0.15, 0.2) is 5.82 Å². The summed E-state index contributed by atoms with van der Waals surface area (Å²) >= 11 is 9.41. The largest absolute Gasteiger partial charge is 0.334 e. The molecule has 1 N–H and O–H groups in total. The quantitative estimate of drug-likeness (QED) is 0.947. The van der Waals surface area contributed by atoms with Gasteiger partial charge in [-0.2, -0.15) is 4.98 Å². The summed E-state index contributed by atoms with van der Waals surface area (Å²) in [5.41, 5.74) is 0.736. The summed E-state index contributed by atoms with van der Waals surface area (Å²) in [5.74, 6) is 1.04. The summed E-state index contributed by atoms with van der Waals surface area (Å²) < 4.78 is 6.04. The minimum atomic E-state index is 0.433. The number of aromatic nitrogens is 2. The van der Waals surface area contributed by atoms with Crippen LogP contribution in [0.2, 0.25) is 5.02 Å². The van der Waals surface area contributed by atoms with Gasteiger partial charge in [0, 0.05) is 4.47 Å². The molecule has 0 unspecified atom stereocenters. The van der Waals surface area contributed by atoms with Crippen LogP contribution in [0.1, 0.15) is 5.82 Å². The fraction of sp³-hybridized carbons (Fsp3) is 0.200. The third-order valence-corrected chi connectivity index (χ3v) is 2.77. The molecule has 0 atom stereocenters. The summed E-state index contributed by atoms with van der Waals surface area (Å²) in [6.45, 7) is 0.567. The number of benzene rings is 1. The molecule has 0 amide bonds. The molecule has 1 aromatic heterocycles. The Kier molecular flexibility index (Phi) is 3.58. The Hall–Kier alpha value is -0.910. The van der Waals surface area contributed by atoms with Crippen molar-refractivity contribution in [2.24, 2.45) is 0 Å². The highest BCUT2D eigenvalue weighted by Gasteiger charge is 2.11. The van der Waals surface area contributed by atoms with E-state index in [1.54, 1.807) is 6.07 Å². The highest BCUT2D eigenvalue weighted by Crippen LogP contribution is 2.29. The standard InChI is InChI=1S/C10H9BrClN3O/c1-13-5-9-14-10(16-15-9)7-3-2-6(11)4-8(7)12/h2-4,13H,5H2,1H3. The minimum Gasteiger partial charge on any atom is -0.334 e. The van der Waals surface area contributed by atoms with Crippen LogP contribution in [0, 0.1) is 0 Å². The predicted molar refractivity (Wildman–Crippen MR) is 65.2 cm³/mol. The molecular weight excluding hydrogens is 293 g/mol. The Bertz CT molecular complexity index is 501. The second-order valence-electron chi connectivity index (χ2n) is 3.17. The molecule has 0 saturated carbocycles. The van der Waals surface area contributed by atoms with Gasteiger partial charge in [-0.3, -0.25) is 0 Å². The average Bonchev–Trinajstić information content (AvgIpc) is 2.67. The van der Waals surface area contributed by atoms with E-state index in [-0.39, 0.29) is 0 Å². The van der Waals surface area contributed by atoms with E-state index >= 15 is 0 Å². The first-order valence-electron chi connectivity index (χ1n) is 4.63. The summed E-state index contributed by atoms with van der Waals surface area (Å²) in [7, 11) is 1.82. The van der Waals surface area contributed by atoms with Gasteiger partial charge in [-0.05, 0) is 25.2 Å². The van der Waals surface area contributed by atoms with Gasteiger partial charge in [-0.25, -0.2) is 0 Å². The van der Waals surface area contributed by atoms with Gasteiger partial charge in [0.1, 0.15) is 0 Å². The molecule has 6 heteroatoms. The van der Waals surface area contributed by atoms with Crippen LogP contribution in [-0.4, -0.2) is 17.2 Å². The first-order chi connectivity index (χ1) is 7.70. The molecule has 0 fully saturated rings. The molecule has 2 rings (SSSR count). The molecule has 0 saturated heterocycles. The van der Waals surface area contributed by atoms with Crippen LogP contribution >= 0.6 is 27.5 Å². The number of nitrogens with zero attached hydrogens (tertiary/aromatic N) is 2. The van der Waals surface area contributed by atoms with Crippen LogP contribution < -0.4 is 5.32 Å². The third kappa shape index (κ3) is 2.42. The van der Waals surface area contributed by atoms with E-state index in [1.807, 2.05) is 19.2 Å². The molecule has 1 heterocycles. The molecule has 84 valence electrons. The van der Waals surface area contributed by atoms with Crippen molar-refractivity contribution in [2.75, 3.05) is 7.05 Å². The van der Waals surface area contributed by atoms with Crippen molar-refractivity contribution in [2.45, 2.75) is 6.54 Å². The molecular formula is C10H9BrClN3O. The van der Waals surface area contributed by atoms with E-state index in [2.05, 4.69) is 31.4 Å². The van der Waals surface area contributed by atoms with Gasteiger partial charge in [0.25, 0.3) is 5.89 Å². The van der Waals surface area contributed by atoms with Crippen LogP contribution in [0.5, 0.6) is 0 Å². The number of hydrogen-bond acceptors (Lipinski definition) is 4. The highest BCUT2D eigenvalue weighted by atomic mass is 79.9. The Labute approximate surface area is 106 Å². The van der Waals surface area contributed by atoms with E-state index in [4.69, 9.17) is 16.1 Å². The Morgan fingerprint density at radius 2 is 2.31 bits per heavy atom. The summed E-state index contributed by atoms with van der Waals surface area (Å²) in [5, 5.41) is 7.35. The monoisotopic (exact) mass is 301 g/mol. The number of nitrogens with one attached hydrogen (secondary N) is 1. The molecule has 2 aromatic rings. The van der Waals surface area contributed by atoms with E-state index in [9.17, 15) is 0 Å². The van der Waals surface area contributed by atoms with E-state index < -0.39 is 0 Å². The summed E-state index contributed by atoms with van der Waals surface area (Å²) in [6.07, 6.45) is 0. The van der Waals surface area contributed by atoms with E-state index in [1.165, 1.54) is 0 Å². The van der Waals surface area contributed by atoms with Gasteiger partial charge in [0.2, 0.25) is 0 Å². The predicted octanol–water partition coefficient (Wildman–Crippen LogP) is 2.87. The van der Waals surface area contributed by atoms with Crippen molar-refractivity contribution >= 4 is 27.5 Å². The Morgan fingerprint density at radius 3 is 3.00 bits per heavy atom. The van der Waals surface area contributed by atoms with Gasteiger partial charge in [-0.1, -0.05) is 32.7 Å². The first-order valence-corrected chi connectivity index (χ1v) is 5.80. The van der Waals surface area contributed by atoms with Crippen molar-refractivity contribution < 1.29 is 4.52 Å². The van der Waals surface area contributed by atoms with Crippen LogP contribution in [0.25, 0.3) is 11.5 Å². The van der Waals surface area contributed by atoms with Crippen molar-refractivity contribution in [3.05, 3.63) is 33.5 Å². The average molecular weight is 303 g/mol. The molecule has 0 spiro atoms. The lowest BCUT2D eigenvalue weighted by atomic mass is 10.2. The second-order valence-corrected chi connectivity index (χ2v) is 4.49. The van der Waals surface area contributed by atoms with Crippen molar-refractivity contribution in [1.29, 1.82) is 0 Å². The van der Waals surface area contributed by atoms with Crippen LogP contribution in [-0.2, 0) is 6.54 Å². The Morgan fingerprint density at radius 1 is 1.50 bits per heavy atom. The molecule has 0 aliphatic heterocycles. The van der Waals surface area contributed by atoms with Gasteiger partial charge >= 0.3 is 0 Å². The number of rotatable bonds is 3. The lowest BCUT2D eigenvalue weighted by Crippen LogP contribution is -2.06. The first kappa shape index (κ1) is 11.6. The topological polar surface area (TPSA) is 51.0 Å². The second kappa shape index (κ2) is 4.95. The molecule has 16 heavy (non-hydrogen) atoms. The lowest BCUT2D eigenvalue weighted by molar-refractivity contribution is 0.420. The molecule has 0 radical (unpaired) electrons.